The molecule has 2 unspecified atom stereocenters. The third-order valence-electron chi connectivity index (χ3n) is 8.09. The molecule has 0 heterocycles. The third-order valence-corrected chi connectivity index (χ3v) is 8.09. The van der Waals surface area contributed by atoms with Crippen molar-refractivity contribution in [1.29, 1.82) is 0 Å². The van der Waals surface area contributed by atoms with E-state index in [2.05, 4.69) is 0 Å². The van der Waals surface area contributed by atoms with Gasteiger partial charge < -0.3 is 0 Å². The van der Waals surface area contributed by atoms with E-state index in [4.69, 9.17) is 0 Å². The van der Waals surface area contributed by atoms with Crippen molar-refractivity contribution in [3.8, 4) is 0 Å². The first-order valence-electron chi connectivity index (χ1n) is 9.46. The van der Waals surface area contributed by atoms with Gasteiger partial charge in [-0.3, -0.25) is 28.8 Å². The molecular formula is C22H22O6. The SMILES string of the molecule is CC(=O)C1(C(C)=O)CC2=CC(=O)C34CC(C(C)=O)(C(C)=O)CC3=CC(=O)C24C1. The van der Waals surface area contributed by atoms with Crippen LogP contribution in [-0.2, 0) is 28.8 Å². The van der Waals surface area contributed by atoms with Gasteiger partial charge in [-0.1, -0.05) is 0 Å². The minimum Gasteiger partial charge on any atom is -0.299 e. The van der Waals surface area contributed by atoms with Crippen LogP contribution in [0.1, 0.15) is 53.4 Å². The van der Waals surface area contributed by atoms with Crippen LogP contribution in [0.15, 0.2) is 23.3 Å². The Labute approximate surface area is 162 Å². The molecule has 4 aliphatic carbocycles. The monoisotopic (exact) mass is 382 g/mol. The molecule has 2 spiro atoms. The molecule has 4 aliphatic rings. The van der Waals surface area contributed by atoms with Crippen molar-refractivity contribution in [3.05, 3.63) is 23.3 Å². The summed E-state index contributed by atoms with van der Waals surface area (Å²) < 4.78 is 0. The quantitative estimate of drug-likeness (QED) is 0.688. The molecule has 0 aromatic rings. The lowest BCUT2D eigenvalue weighted by atomic mass is 9.58. The smallest absolute Gasteiger partial charge is 0.167 e. The predicted molar refractivity (Wildman–Crippen MR) is 97.1 cm³/mol. The van der Waals surface area contributed by atoms with Gasteiger partial charge in [-0.05, 0) is 76.7 Å². The lowest BCUT2D eigenvalue weighted by Gasteiger charge is -2.39. The molecule has 2 atom stereocenters. The molecule has 0 saturated heterocycles. The number of carbonyl (C=O) groups is 6. The van der Waals surface area contributed by atoms with E-state index in [0.29, 0.717) is 11.1 Å². The molecule has 0 radical (unpaired) electrons. The van der Waals surface area contributed by atoms with Gasteiger partial charge in [0, 0.05) is 0 Å². The second kappa shape index (κ2) is 5.10. The van der Waals surface area contributed by atoms with Crippen molar-refractivity contribution in [3.63, 3.8) is 0 Å². The normalized spacial score (nSPS) is 33.7. The summed E-state index contributed by atoms with van der Waals surface area (Å²) in [7, 11) is 0. The number of Topliss-reactive ketones (excluding diaryl/α,β-unsaturated/α-hetero) is 4. The molecule has 0 aromatic heterocycles. The van der Waals surface area contributed by atoms with Crippen LogP contribution in [0.4, 0.5) is 0 Å². The summed E-state index contributed by atoms with van der Waals surface area (Å²) in [6.45, 7) is 5.36. The molecule has 28 heavy (non-hydrogen) atoms. The molecular weight excluding hydrogens is 360 g/mol. The lowest BCUT2D eigenvalue weighted by molar-refractivity contribution is -0.146. The fourth-order valence-corrected chi connectivity index (χ4v) is 6.37. The first-order valence-corrected chi connectivity index (χ1v) is 9.46. The average Bonchev–Trinajstić information content (AvgIpc) is 3.22. The molecule has 4 rings (SSSR count). The van der Waals surface area contributed by atoms with Crippen LogP contribution < -0.4 is 0 Å². The summed E-state index contributed by atoms with van der Waals surface area (Å²) in [4.78, 5) is 76.4. The van der Waals surface area contributed by atoms with Gasteiger partial charge >= 0.3 is 0 Å². The highest BCUT2D eigenvalue weighted by Crippen LogP contribution is 2.76. The van der Waals surface area contributed by atoms with Gasteiger partial charge in [-0.25, -0.2) is 0 Å². The van der Waals surface area contributed by atoms with Gasteiger partial charge in [0.25, 0.3) is 0 Å². The number of allylic oxidation sites excluding steroid dienone is 4. The fourth-order valence-electron chi connectivity index (χ4n) is 6.37. The summed E-state index contributed by atoms with van der Waals surface area (Å²) >= 11 is 0. The standard InChI is InChI=1S/C22H22O6/c1-11(23)19(12(2)24)7-15-5-18(28)22-10-20(13(3)25,14(4)26)8-16(22)6-17(27)21(15,22)9-19/h5-6H,7-10H2,1-4H3. The van der Waals surface area contributed by atoms with Gasteiger partial charge in [0.05, 0.1) is 21.7 Å². The van der Waals surface area contributed by atoms with Crippen LogP contribution in [0.5, 0.6) is 0 Å². The zero-order chi connectivity index (χ0) is 20.9. The Hall–Kier alpha value is -2.50. The van der Waals surface area contributed by atoms with Gasteiger partial charge in [0.15, 0.2) is 11.6 Å². The van der Waals surface area contributed by atoms with E-state index < -0.39 is 21.7 Å². The highest BCUT2D eigenvalue weighted by Gasteiger charge is 2.79. The molecule has 0 N–H and O–H groups in total. The zero-order valence-corrected chi connectivity index (χ0v) is 16.4. The number of hydrogen-bond acceptors (Lipinski definition) is 6. The topological polar surface area (TPSA) is 102 Å². The number of carbonyl (C=O) groups excluding carboxylic acids is 6. The van der Waals surface area contributed by atoms with E-state index in [9.17, 15) is 28.8 Å². The van der Waals surface area contributed by atoms with Crippen LogP contribution in [-0.4, -0.2) is 34.7 Å². The summed E-state index contributed by atoms with van der Waals surface area (Å²) in [6, 6.07) is 0. The van der Waals surface area contributed by atoms with Crippen LogP contribution >= 0.6 is 0 Å². The second-order valence-electron chi connectivity index (χ2n) is 8.97. The van der Waals surface area contributed by atoms with E-state index in [-0.39, 0.29) is 60.4 Å². The molecule has 2 saturated carbocycles. The summed E-state index contributed by atoms with van der Waals surface area (Å²) in [5, 5.41) is 0. The number of hydrogen-bond donors (Lipinski definition) is 0. The highest BCUT2D eigenvalue weighted by molar-refractivity contribution is 6.21. The van der Waals surface area contributed by atoms with E-state index in [0.717, 1.165) is 0 Å². The van der Waals surface area contributed by atoms with Crippen molar-refractivity contribution in [1.82, 2.24) is 0 Å². The predicted octanol–water partition coefficient (Wildman–Crippen LogP) is 1.89. The first-order chi connectivity index (χ1) is 12.9. The summed E-state index contributed by atoms with van der Waals surface area (Å²) in [5.74, 6) is -1.87. The first kappa shape index (κ1) is 18.8. The molecule has 0 aliphatic heterocycles. The van der Waals surface area contributed by atoms with Gasteiger partial charge in [0.1, 0.15) is 23.1 Å². The van der Waals surface area contributed by atoms with Crippen molar-refractivity contribution in [2.45, 2.75) is 53.4 Å². The number of ketones is 6. The van der Waals surface area contributed by atoms with Crippen molar-refractivity contribution in [2.24, 2.45) is 21.7 Å². The minimum atomic E-state index is -1.34. The average molecular weight is 382 g/mol. The van der Waals surface area contributed by atoms with Crippen molar-refractivity contribution in [2.75, 3.05) is 0 Å². The Morgan fingerprint density at radius 3 is 1.18 bits per heavy atom. The molecule has 146 valence electrons. The van der Waals surface area contributed by atoms with Crippen LogP contribution in [0, 0.1) is 21.7 Å². The minimum absolute atomic E-state index is 0.0468. The van der Waals surface area contributed by atoms with Gasteiger partial charge in [0.2, 0.25) is 0 Å². The molecule has 0 bridgehead atoms. The third kappa shape index (κ3) is 1.67. The van der Waals surface area contributed by atoms with E-state index in [1.807, 2.05) is 0 Å². The van der Waals surface area contributed by atoms with E-state index in [1.165, 1.54) is 39.8 Å². The molecule has 0 amide bonds. The van der Waals surface area contributed by atoms with Gasteiger partial charge in [-0.15, -0.1) is 0 Å². The summed E-state index contributed by atoms with van der Waals surface area (Å²) in [5.41, 5.74) is -4.30. The maximum absolute atomic E-state index is 13.2. The van der Waals surface area contributed by atoms with Crippen LogP contribution in [0.2, 0.25) is 0 Å². The van der Waals surface area contributed by atoms with E-state index in [1.54, 1.807) is 0 Å². The van der Waals surface area contributed by atoms with Crippen molar-refractivity contribution < 1.29 is 28.8 Å². The maximum Gasteiger partial charge on any atom is 0.167 e. The van der Waals surface area contributed by atoms with Gasteiger partial charge in [-0.2, -0.15) is 0 Å². The Balaban J connectivity index is 1.96. The molecule has 6 nitrogen and oxygen atoms in total. The zero-order valence-electron chi connectivity index (χ0n) is 16.4. The fraction of sp³-hybridized carbons (Fsp3) is 0.545. The van der Waals surface area contributed by atoms with Crippen LogP contribution in [0.3, 0.4) is 0 Å². The van der Waals surface area contributed by atoms with E-state index >= 15 is 0 Å². The lowest BCUT2D eigenvalue weighted by Crippen LogP contribution is -2.48. The molecule has 2 fully saturated rings. The van der Waals surface area contributed by atoms with Crippen molar-refractivity contribution >= 4 is 34.7 Å². The van der Waals surface area contributed by atoms with Crippen LogP contribution in [0.25, 0.3) is 0 Å². The second-order valence-corrected chi connectivity index (χ2v) is 8.97. The highest BCUT2D eigenvalue weighted by atomic mass is 16.2. The Morgan fingerprint density at radius 1 is 0.643 bits per heavy atom. The number of rotatable bonds is 4. The molecule has 0 aromatic carbocycles. The maximum atomic E-state index is 13.2. The summed E-state index contributed by atoms with van der Waals surface area (Å²) in [6.07, 6.45) is 2.76. The largest absolute Gasteiger partial charge is 0.299 e. The Morgan fingerprint density at radius 2 is 0.929 bits per heavy atom. The molecule has 6 heteroatoms. The Kier molecular flexibility index (Phi) is 3.43. The Bertz CT molecular complexity index is 884.